The molecule has 0 aliphatic carbocycles. The van der Waals surface area contributed by atoms with Crippen LogP contribution < -0.4 is 0 Å². The molecule has 0 amide bonds. The zero-order chi connectivity index (χ0) is 14.4. The molecule has 3 heteroatoms. The molecule has 1 heterocycles. The number of rotatable bonds is 7. The van der Waals surface area contributed by atoms with Crippen LogP contribution in [-0.2, 0) is 11.3 Å². The first-order valence-corrected chi connectivity index (χ1v) is 7.52. The van der Waals surface area contributed by atoms with Crippen molar-refractivity contribution in [3.05, 3.63) is 36.0 Å². The molecule has 0 bridgehead atoms. The van der Waals surface area contributed by atoms with Crippen LogP contribution in [0.4, 0.5) is 0 Å². The summed E-state index contributed by atoms with van der Waals surface area (Å²) in [5.74, 6) is -0.219. The van der Waals surface area contributed by atoms with Gasteiger partial charge in [0.15, 0.2) is 0 Å². The minimum Gasteiger partial charge on any atom is -0.462 e. The molecule has 0 aliphatic heterocycles. The van der Waals surface area contributed by atoms with E-state index in [9.17, 15) is 4.79 Å². The van der Waals surface area contributed by atoms with E-state index in [2.05, 4.69) is 30.7 Å². The highest BCUT2D eigenvalue weighted by molar-refractivity contribution is 5.94. The summed E-state index contributed by atoms with van der Waals surface area (Å²) in [6, 6.07) is 7.88. The third kappa shape index (κ3) is 3.41. The van der Waals surface area contributed by atoms with E-state index < -0.39 is 0 Å². The van der Waals surface area contributed by atoms with Crippen molar-refractivity contribution < 1.29 is 9.53 Å². The van der Waals surface area contributed by atoms with Gasteiger partial charge in [-0.3, -0.25) is 0 Å². The molecular formula is C17H23NO2. The average molecular weight is 273 g/mol. The van der Waals surface area contributed by atoms with Gasteiger partial charge >= 0.3 is 5.97 Å². The van der Waals surface area contributed by atoms with Crippen molar-refractivity contribution in [2.45, 2.75) is 46.1 Å². The van der Waals surface area contributed by atoms with Crippen LogP contribution in [0.25, 0.3) is 10.9 Å². The van der Waals surface area contributed by atoms with Crippen molar-refractivity contribution in [2.75, 3.05) is 6.61 Å². The van der Waals surface area contributed by atoms with Crippen molar-refractivity contribution in [2.24, 2.45) is 0 Å². The zero-order valence-electron chi connectivity index (χ0n) is 12.4. The molecule has 0 spiro atoms. The molecule has 0 fully saturated rings. The Morgan fingerprint density at radius 3 is 2.70 bits per heavy atom. The van der Waals surface area contributed by atoms with Gasteiger partial charge in [0.1, 0.15) is 0 Å². The highest BCUT2D eigenvalue weighted by Gasteiger charge is 2.09. The van der Waals surface area contributed by atoms with Gasteiger partial charge in [0.25, 0.3) is 0 Å². The Morgan fingerprint density at radius 2 is 1.95 bits per heavy atom. The lowest BCUT2D eigenvalue weighted by Crippen LogP contribution is -2.06. The topological polar surface area (TPSA) is 31.2 Å². The second kappa shape index (κ2) is 7.13. The number of hydrogen-bond acceptors (Lipinski definition) is 2. The quantitative estimate of drug-likeness (QED) is 0.553. The lowest BCUT2D eigenvalue weighted by atomic mass is 10.1. The molecule has 0 unspecified atom stereocenters. The fraction of sp³-hybridized carbons (Fsp3) is 0.471. The molecule has 3 nitrogen and oxygen atoms in total. The van der Waals surface area contributed by atoms with E-state index in [1.165, 1.54) is 11.8 Å². The number of unbranched alkanes of at least 4 members (excludes halogenated alkanes) is 2. The number of fused-ring (bicyclic) bond motifs is 1. The molecule has 20 heavy (non-hydrogen) atoms. The molecular weight excluding hydrogens is 250 g/mol. The van der Waals surface area contributed by atoms with Crippen molar-refractivity contribution in [3.63, 3.8) is 0 Å². The predicted molar refractivity (Wildman–Crippen MR) is 82.0 cm³/mol. The fourth-order valence-corrected chi connectivity index (χ4v) is 2.23. The van der Waals surface area contributed by atoms with Gasteiger partial charge in [0.05, 0.1) is 12.2 Å². The normalized spacial score (nSPS) is 10.9. The van der Waals surface area contributed by atoms with Gasteiger partial charge < -0.3 is 9.30 Å². The summed E-state index contributed by atoms with van der Waals surface area (Å²) >= 11 is 0. The molecule has 1 aromatic carbocycles. The van der Waals surface area contributed by atoms with Crippen molar-refractivity contribution in [3.8, 4) is 0 Å². The highest BCUT2D eigenvalue weighted by atomic mass is 16.5. The van der Waals surface area contributed by atoms with Gasteiger partial charge in [0.2, 0.25) is 0 Å². The third-order valence-electron chi connectivity index (χ3n) is 3.49. The van der Waals surface area contributed by atoms with Gasteiger partial charge in [-0.05, 0) is 36.4 Å². The second-order valence-electron chi connectivity index (χ2n) is 5.13. The number of nitrogens with zero attached hydrogens (tertiary/aromatic N) is 1. The molecule has 2 aromatic rings. The van der Waals surface area contributed by atoms with E-state index >= 15 is 0 Å². The van der Waals surface area contributed by atoms with Crippen molar-refractivity contribution >= 4 is 16.9 Å². The summed E-state index contributed by atoms with van der Waals surface area (Å²) in [6.45, 7) is 5.77. The minimum atomic E-state index is -0.219. The van der Waals surface area contributed by atoms with E-state index in [0.717, 1.165) is 31.3 Å². The summed E-state index contributed by atoms with van der Waals surface area (Å²) in [7, 11) is 0. The van der Waals surface area contributed by atoms with Gasteiger partial charge in [-0.15, -0.1) is 0 Å². The zero-order valence-corrected chi connectivity index (χ0v) is 12.4. The standard InChI is InChI=1S/C17H23NO2/c1-3-5-10-18-11-9-14-7-8-15(13-16(14)18)17(19)20-12-6-4-2/h7-9,11,13H,3-6,10,12H2,1-2H3. The Kier molecular flexibility index (Phi) is 5.22. The Labute approximate surface area is 120 Å². The van der Waals surface area contributed by atoms with Crippen LogP contribution in [0.3, 0.4) is 0 Å². The fourth-order valence-electron chi connectivity index (χ4n) is 2.23. The van der Waals surface area contributed by atoms with Crippen LogP contribution in [0.15, 0.2) is 30.5 Å². The minimum absolute atomic E-state index is 0.219. The van der Waals surface area contributed by atoms with E-state index in [4.69, 9.17) is 4.74 Å². The number of hydrogen-bond donors (Lipinski definition) is 0. The predicted octanol–water partition coefficient (Wildman–Crippen LogP) is 4.40. The maximum atomic E-state index is 12.0. The number of carbonyl (C=O) groups excluding carboxylic acids is 1. The maximum absolute atomic E-state index is 12.0. The summed E-state index contributed by atoms with van der Waals surface area (Å²) in [5.41, 5.74) is 1.76. The molecule has 0 saturated heterocycles. The third-order valence-corrected chi connectivity index (χ3v) is 3.49. The SMILES string of the molecule is CCCCOC(=O)c1ccc2ccn(CCCC)c2c1. The molecule has 0 aliphatic rings. The number of benzene rings is 1. The Hall–Kier alpha value is -1.77. The first-order valence-electron chi connectivity index (χ1n) is 7.52. The lowest BCUT2D eigenvalue weighted by Gasteiger charge is -2.07. The molecule has 0 atom stereocenters. The number of aryl methyl sites for hydroxylation is 1. The molecule has 2 rings (SSSR count). The van der Waals surface area contributed by atoms with Crippen molar-refractivity contribution in [1.82, 2.24) is 4.57 Å². The van der Waals surface area contributed by atoms with Crippen LogP contribution in [0, 0.1) is 0 Å². The number of carbonyl (C=O) groups is 1. The van der Waals surface area contributed by atoms with Crippen LogP contribution in [-0.4, -0.2) is 17.1 Å². The van der Waals surface area contributed by atoms with E-state index in [-0.39, 0.29) is 5.97 Å². The Morgan fingerprint density at radius 1 is 1.15 bits per heavy atom. The summed E-state index contributed by atoms with van der Waals surface area (Å²) in [5, 5.41) is 1.17. The molecule has 0 N–H and O–H groups in total. The summed E-state index contributed by atoms with van der Waals surface area (Å²) < 4.78 is 7.48. The van der Waals surface area contributed by atoms with Crippen LogP contribution in [0.2, 0.25) is 0 Å². The molecule has 1 aromatic heterocycles. The van der Waals surface area contributed by atoms with Gasteiger partial charge in [-0.2, -0.15) is 0 Å². The van der Waals surface area contributed by atoms with E-state index in [1.54, 1.807) is 0 Å². The molecule has 108 valence electrons. The number of esters is 1. The molecule has 0 saturated carbocycles. The van der Waals surface area contributed by atoms with Crippen LogP contribution in [0.1, 0.15) is 49.9 Å². The number of aromatic nitrogens is 1. The van der Waals surface area contributed by atoms with E-state index in [1.807, 2.05) is 18.2 Å². The number of ether oxygens (including phenoxy) is 1. The average Bonchev–Trinajstić information content (AvgIpc) is 2.87. The monoisotopic (exact) mass is 273 g/mol. The maximum Gasteiger partial charge on any atom is 0.338 e. The second-order valence-corrected chi connectivity index (χ2v) is 5.13. The van der Waals surface area contributed by atoms with Gasteiger partial charge in [0, 0.05) is 18.3 Å². The van der Waals surface area contributed by atoms with Crippen LogP contribution >= 0.6 is 0 Å². The first-order chi connectivity index (χ1) is 9.76. The van der Waals surface area contributed by atoms with Crippen molar-refractivity contribution in [1.29, 1.82) is 0 Å². The summed E-state index contributed by atoms with van der Waals surface area (Å²) in [6.07, 6.45) is 6.35. The molecule has 0 radical (unpaired) electrons. The largest absolute Gasteiger partial charge is 0.462 e. The van der Waals surface area contributed by atoms with Gasteiger partial charge in [-0.1, -0.05) is 32.8 Å². The highest BCUT2D eigenvalue weighted by Crippen LogP contribution is 2.19. The van der Waals surface area contributed by atoms with Gasteiger partial charge in [-0.25, -0.2) is 4.79 Å². The first kappa shape index (κ1) is 14.6. The smallest absolute Gasteiger partial charge is 0.338 e. The van der Waals surface area contributed by atoms with E-state index in [0.29, 0.717) is 12.2 Å². The lowest BCUT2D eigenvalue weighted by molar-refractivity contribution is 0.0500. The Balaban J connectivity index is 2.16. The summed E-state index contributed by atoms with van der Waals surface area (Å²) in [4.78, 5) is 12.0. The Bertz CT molecular complexity index is 571. The van der Waals surface area contributed by atoms with Crippen LogP contribution in [0.5, 0.6) is 0 Å².